The van der Waals surface area contributed by atoms with Crippen molar-refractivity contribution in [1.82, 2.24) is 0 Å². The van der Waals surface area contributed by atoms with Crippen LogP contribution in [0.2, 0.25) is 0 Å². The standard InChI is InChI=1S/C17H17.C15H8F6.C13H21.2ClH.Zr/c1-10-5-14-9-15-6-11(2)13(4)8-17(15)16(14)7-12(10)3;16-14(17,18)12-5-1-3-10(8-12)7-11-4-2-6-13(9-11)15(19,20)21;1-5-6-7-11-8-9-12(10-11)13(2,3)4;;;/h5,7-8H,9H2,1-4H3;1-6,8-9H;8-10H,5-7H2,1-4H3;2*1H;/q-1;;-1;;;+2/p-2. The number of benzene rings is 4. The Bertz CT molecular complexity index is 1910. The molecule has 0 aliphatic heterocycles. The number of hydrogen-bond acceptors (Lipinski definition) is 0. The van der Waals surface area contributed by atoms with E-state index in [0.29, 0.717) is 8.62 Å². The van der Waals surface area contributed by atoms with E-state index in [1.807, 2.05) is 0 Å². The van der Waals surface area contributed by atoms with Gasteiger partial charge < -0.3 is 24.8 Å². The first-order chi connectivity index (χ1) is 24.2. The van der Waals surface area contributed by atoms with Crippen molar-refractivity contribution < 1.29 is 75.4 Å². The van der Waals surface area contributed by atoms with E-state index in [0.717, 1.165) is 54.9 Å². The molecule has 0 aromatic heterocycles. The molecule has 0 N–H and O–H groups in total. The quantitative estimate of drug-likeness (QED) is 0.127. The molecule has 0 radical (unpaired) electrons. The predicted molar refractivity (Wildman–Crippen MR) is 198 cm³/mol. The van der Waals surface area contributed by atoms with Crippen LogP contribution < -0.4 is 24.8 Å². The van der Waals surface area contributed by atoms with Crippen LogP contribution in [0.15, 0.2) is 84.9 Å². The first-order valence-electron chi connectivity index (χ1n) is 17.5. The monoisotopic (exact) mass is 860 g/mol. The number of unbranched alkanes of at least 4 members (excludes halogenated alkanes) is 1. The molecule has 5 aromatic carbocycles. The van der Waals surface area contributed by atoms with Gasteiger partial charge in [0, 0.05) is 0 Å². The second-order valence-corrected chi connectivity index (χ2v) is 15.9. The summed E-state index contributed by atoms with van der Waals surface area (Å²) in [4.78, 5) is 0. The van der Waals surface area contributed by atoms with Crippen LogP contribution in [0.25, 0.3) is 11.1 Å². The van der Waals surface area contributed by atoms with Gasteiger partial charge in [-0.3, -0.25) is 0 Å². The van der Waals surface area contributed by atoms with Crippen molar-refractivity contribution in [2.45, 2.75) is 98.8 Å². The van der Waals surface area contributed by atoms with Gasteiger partial charge >= 0.3 is 137 Å². The van der Waals surface area contributed by atoms with E-state index in [9.17, 15) is 26.3 Å². The van der Waals surface area contributed by atoms with Crippen LogP contribution in [0, 0.1) is 33.8 Å². The number of alkyl halides is 6. The van der Waals surface area contributed by atoms with Crippen LogP contribution in [0.4, 0.5) is 26.3 Å². The Morgan fingerprint density at radius 2 is 1.22 bits per heavy atom. The van der Waals surface area contributed by atoms with Crippen molar-refractivity contribution >= 4 is 3.21 Å². The van der Waals surface area contributed by atoms with Crippen molar-refractivity contribution in [2.24, 2.45) is 0 Å². The van der Waals surface area contributed by atoms with Crippen molar-refractivity contribution in [2.75, 3.05) is 0 Å². The van der Waals surface area contributed by atoms with Crippen molar-refractivity contribution in [1.29, 1.82) is 0 Å². The molecule has 0 bridgehead atoms. The second kappa shape index (κ2) is 19.3. The Kier molecular flexibility index (Phi) is 16.9. The zero-order valence-electron chi connectivity index (χ0n) is 31.9. The molecule has 0 saturated heterocycles. The fourth-order valence-corrected chi connectivity index (χ4v) is 6.78. The largest absolute Gasteiger partial charge is 1.00 e. The van der Waals surface area contributed by atoms with Crippen LogP contribution in [0.5, 0.6) is 0 Å². The van der Waals surface area contributed by atoms with Crippen LogP contribution in [0.3, 0.4) is 0 Å². The molecule has 9 heteroatoms. The number of rotatable bonds is 5. The summed E-state index contributed by atoms with van der Waals surface area (Å²) in [5, 5.41) is 0. The summed E-state index contributed by atoms with van der Waals surface area (Å²) >= 11 is 0.729. The number of aryl methyl sites for hydroxylation is 5. The Balaban J connectivity index is 0.000000284. The Labute approximate surface area is 344 Å². The third kappa shape index (κ3) is 12.3. The molecule has 0 atom stereocenters. The number of halogens is 8. The summed E-state index contributed by atoms with van der Waals surface area (Å²) in [6.07, 6.45) is -4.08. The molecule has 0 saturated carbocycles. The first-order valence-corrected chi connectivity index (χ1v) is 18.7. The molecule has 0 heterocycles. The molecular formula is C45H46Cl2F6Zr-2. The third-order valence-electron chi connectivity index (χ3n) is 9.45. The number of hydrogen-bond donors (Lipinski definition) is 0. The fraction of sp³-hybridized carbons (Fsp3) is 0.333. The van der Waals surface area contributed by atoms with Crippen molar-refractivity contribution in [3.63, 3.8) is 0 Å². The van der Waals surface area contributed by atoms with Gasteiger partial charge in [-0.05, 0) is 37.0 Å². The molecular weight excluding hydrogens is 817 g/mol. The topological polar surface area (TPSA) is 0 Å². The molecule has 0 spiro atoms. The molecule has 0 nitrogen and oxygen atoms in total. The minimum atomic E-state index is -4.49. The maximum Gasteiger partial charge on any atom is -1.00 e. The normalized spacial score (nSPS) is 11.9. The molecule has 5 aromatic rings. The van der Waals surface area contributed by atoms with E-state index < -0.39 is 23.5 Å². The summed E-state index contributed by atoms with van der Waals surface area (Å²) in [7, 11) is 0. The van der Waals surface area contributed by atoms with E-state index in [4.69, 9.17) is 0 Å². The Morgan fingerprint density at radius 1 is 0.704 bits per heavy atom. The van der Waals surface area contributed by atoms with Crippen molar-refractivity contribution in [3.05, 3.63) is 158 Å². The van der Waals surface area contributed by atoms with Gasteiger partial charge in [0.05, 0.1) is 0 Å². The van der Waals surface area contributed by atoms with Gasteiger partial charge in [0.25, 0.3) is 0 Å². The average molecular weight is 863 g/mol. The maximum absolute atomic E-state index is 12.7. The van der Waals surface area contributed by atoms with E-state index in [1.165, 1.54) is 99.2 Å². The Hall–Kier alpha value is -2.86. The van der Waals surface area contributed by atoms with Crippen LogP contribution in [0.1, 0.15) is 107 Å². The molecule has 0 fully saturated rings. The van der Waals surface area contributed by atoms with Gasteiger partial charge in [0.2, 0.25) is 0 Å². The second-order valence-electron chi connectivity index (χ2n) is 14.6. The first kappa shape index (κ1) is 47.3. The van der Waals surface area contributed by atoms with Gasteiger partial charge in [0.15, 0.2) is 0 Å². The van der Waals surface area contributed by atoms with E-state index >= 15 is 0 Å². The molecule has 0 amide bonds. The summed E-state index contributed by atoms with van der Waals surface area (Å²) in [5.41, 5.74) is 13.2. The van der Waals surface area contributed by atoms with Crippen LogP contribution >= 0.6 is 0 Å². The zero-order chi connectivity index (χ0) is 38.6. The van der Waals surface area contributed by atoms with E-state index in [2.05, 4.69) is 97.9 Å². The molecule has 1 aliphatic carbocycles. The molecule has 0 unspecified atom stereocenters. The predicted octanol–water partition coefficient (Wildman–Crippen LogP) is 7.19. The van der Waals surface area contributed by atoms with Gasteiger partial charge in [-0.15, -0.1) is 11.1 Å². The van der Waals surface area contributed by atoms with Crippen LogP contribution in [-0.4, -0.2) is 3.21 Å². The van der Waals surface area contributed by atoms with Crippen LogP contribution in [-0.2, 0) is 54.8 Å². The summed E-state index contributed by atoms with van der Waals surface area (Å²) in [6, 6.07) is 26.6. The van der Waals surface area contributed by atoms with Gasteiger partial charge in [-0.2, -0.15) is 46.5 Å². The van der Waals surface area contributed by atoms with Gasteiger partial charge in [-0.25, -0.2) is 6.07 Å². The fourth-order valence-electron chi connectivity index (χ4n) is 6.01. The minimum absolute atomic E-state index is 0. The Morgan fingerprint density at radius 3 is 1.70 bits per heavy atom. The number of fused-ring (bicyclic) bond motifs is 3. The molecule has 6 rings (SSSR count). The average Bonchev–Trinajstić information content (AvgIpc) is 3.69. The summed E-state index contributed by atoms with van der Waals surface area (Å²) in [6.45, 7) is 17.8. The summed E-state index contributed by atoms with van der Waals surface area (Å²) in [5.74, 6) is 0. The van der Waals surface area contributed by atoms with E-state index in [1.54, 1.807) is 0 Å². The minimum Gasteiger partial charge on any atom is -1.00 e. The van der Waals surface area contributed by atoms with E-state index in [-0.39, 0.29) is 35.9 Å². The maximum atomic E-state index is 12.7. The zero-order valence-corrected chi connectivity index (χ0v) is 35.9. The molecule has 1 aliphatic rings. The van der Waals surface area contributed by atoms with Gasteiger partial charge in [-0.1, -0.05) is 83.9 Å². The third-order valence-corrected chi connectivity index (χ3v) is 10.9. The van der Waals surface area contributed by atoms with Crippen molar-refractivity contribution in [3.8, 4) is 11.1 Å². The SMILES string of the molecule is CCCCc1cc(C(C)(C)C)c[cH-]1.Cc1[c-]c2c(cc1C)-c1cc(C)c(C)cc1C2.FC(F)(F)c1cccc([C](=[Zr+2])c2cccc(C(F)(F)F)c2)c1.[Cl-].[Cl-]. The smallest absolute Gasteiger partial charge is 1.00 e. The molecule has 54 heavy (non-hydrogen) atoms. The van der Waals surface area contributed by atoms with Gasteiger partial charge in [0.1, 0.15) is 0 Å². The molecule has 288 valence electrons. The summed E-state index contributed by atoms with van der Waals surface area (Å²) < 4.78 is 76.7.